The fourth-order valence-corrected chi connectivity index (χ4v) is 4.57. The highest BCUT2D eigenvalue weighted by Crippen LogP contribution is 2.34. The van der Waals surface area contributed by atoms with Crippen LogP contribution in [0.2, 0.25) is 10.0 Å². The Bertz CT molecular complexity index is 1630. The van der Waals surface area contributed by atoms with E-state index in [4.69, 9.17) is 23.2 Å². The van der Waals surface area contributed by atoms with Crippen molar-refractivity contribution < 1.29 is 18.0 Å². The molecule has 0 bridgehead atoms. The van der Waals surface area contributed by atoms with Gasteiger partial charge in [-0.1, -0.05) is 64.8 Å². The first-order chi connectivity index (χ1) is 19.1. The summed E-state index contributed by atoms with van der Waals surface area (Å²) in [5.41, 5.74) is 2.05. The number of alkyl halides is 3. The van der Waals surface area contributed by atoms with E-state index in [1.165, 1.54) is 12.1 Å². The van der Waals surface area contributed by atoms with Crippen molar-refractivity contribution in [1.29, 1.82) is 0 Å². The molecule has 2 aromatic heterocycles. The quantitative estimate of drug-likeness (QED) is 0.228. The van der Waals surface area contributed by atoms with Crippen LogP contribution in [0.15, 0.2) is 72.8 Å². The summed E-state index contributed by atoms with van der Waals surface area (Å²) in [6.45, 7) is 1.67. The minimum absolute atomic E-state index is 0.0634. The van der Waals surface area contributed by atoms with Gasteiger partial charge in [-0.05, 0) is 48.9 Å². The molecule has 2 N–H and O–H groups in total. The van der Waals surface area contributed by atoms with Crippen LogP contribution in [0, 0.1) is 0 Å². The summed E-state index contributed by atoms with van der Waals surface area (Å²) in [6.07, 6.45) is -4.37. The monoisotopic (exact) mass is 585 g/mol. The number of tetrazole rings is 1. The van der Waals surface area contributed by atoms with Gasteiger partial charge in [-0.15, -0.1) is 10.2 Å². The van der Waals surface area contributed by atoms with Crippen LogP contribution in [0.1, 0.15) is 46.0 Å². The molecule has 1 unspecified atom stereocenters. The number of para-hydroxylation sites is 1. The number of carbonyl (C=O) groups is 1. The van der Waals surface area contributed by atoms with Gasteiger partial charge in [0.15, 0.2) is 11.5 Å². The highest BCUT2D eigenvalue weighted by Gasteiger charge is 2.31. The topological polar surface area (TPSA) is 101 Å². The zero-order valence-corrected chi connectivity index (χ0v) is 22.3. The number of aromatic nitrogens is 6. The first kappa shape index (κ1) is 27.4. The molecule has 0 radical (unpaired) electrons. The van der Waals surface area contributed by atoms with Gasteiger partial charge in [0, 0.05) is 22.6 Å². The number of H-pyrrole nitrogens is 1. The fourth-order valence-electron chi connectivity index (χ4n) is 4.23. The van der Waals surface area contributed by atoms with E-state index in [0.717, 1.165) is 12.1 Å². The molecule has 5 aromatic rings. The van der Waals surface area contributed by atoms with E-state index in [0.29, 0.717) is 43.9 Å². The SMILES string of the molecule is CC(NC(=O)c1nn(-c2ccccc2Cl)c(-c2ccc(Cl)cc2)c1Cc1nn[nH]n1)c1ccc(C(F)(F)F)cc1. The summed E-state index contributed by atoms with van der Waals surface area (Å²) >= 11 is 12.7. The van der Waals surface area contributed by atoms with Crippen molar-refractivity contribution >= 4 is 29.1 Å². The molecule has 0 aliphatic rings. The molecule has 0 aliphatic heterocycles. The fraction of sp³-hybridized carbons (Fsp3) is 0.148. The number of carbonyl (C=O) groups excluding carboxylic acids is 1. The summed E-state index contributed by atoms with van der Waals surface area (Å²) in [5, 5.41) is 22.5. The van der Waals surface area contributed by atoms with Crippen LogP contribution in [0.4, 0.5) is 13.2 Å². The predicted octanol–water partition coefficient (Wildman–Crippen LogP) is 6.46. The third-order valence-electron chi connectivity index (χ3n) is 6.21. The second kappa shape index (κ2) is 11.1. The van der Waals surface area contributed by atoms with Crippen molar-refractivity contribution in [2.45, 2.75) is 25.6 Å². The Balaban J connectivity index is 1.60. The number of amides is 1. The molecule has 204 valence electrons. The normalized spacial score (nSPS) is 12.3. The van der Waals surface area contributed by atoms with Crippen molar-refractivity contribution in [2.75, 3.05) is 0 Å². The van der Waals surface area contributed by atoms with Gasteiger partial charge in [-0.2, -0.15) is 23.5 Å². The zero-order chi connectivity index (χ0) is 28.4. The van der Waals surface area contributed by atoms with Crippen molar-refractivity contribution in [3.05, 3.63) is 111 Å². The molecule has 0 spiro atoms. The molecular weight excluding hydrogens is 566 g/mol. The van der Waals surface area contributed by atoms with Crippen molar-refractivity contribution in [2.24, 2.45) is 0 Å². The largest absolute Gasteiger partial charge is 0.416 e. The van der Waals surface area contributed by atoms with Crippen LogP contribution < -0.4 is 5.32 Å². The molecule has 40 heavy (non-hydrogen) atoms. The van der Waals surface area contributed by atoms with Crippen molar-refractivity contribution in [3.63, 3.8) is 0 Å². The van der Waals surface area contributed by atoms with E-state index in [2.05, 4.69) is 31.0 Å². The second-order valence-corrected chi connectivity index (χ2v) is 9.71. The van der Waals surface area contributed by atoms with Crippen molar-refractivity contribution in [1.82, 2.24) is 35.7 Å². The summed E-state index contributed by atoms with van der Waals surface area (Å²) < 4.78 is 40.6. The van der Waals surface area contributed by atoms with Gasteiger partial charge in [-0.25, -0.2) is 4.68 Å². The maximum atomic E-state index is 13.7. The van der Waals surface area contributed by atoms with E-state index >= 15 is 0 Å². The van der Waals surface area contributed by atoms with Gasteiger partial charge >= 0.3 is 6.18 Å². The van der Waals surface area contributed by atoms with Crippen LogP contribution in [0.3, 0.4) is 0 Å². The second-order valence-electron chi connectivity index (χ2n) is 8.87. The van der Waals surface area contributed by atoms with Gasteiger partial charge in [0.05, 0.1) is 28.0 Å². The minimum Gasteiger partial charge on any atom is -0.344 e. The lowest BCUT2D eigenvalue weighted by Gasteiger charge is -2.15. The van der Waals surface area contributed by atoms with Gasteiger partial charge < -0.3 is 5.32 Å². The van der Waals surface area contributed by atoms with Gasteiger partial charge in [-0.3, -0.25) is 4.79 Å². The number of nitrogens with zero attached hydrogens (tertiary/aromatic N) is 5. The van der Waals surface area contributed by atoms with E-state index in [1.54, 1.807) is 60.1 Å². The van der Waals surface area contributed by atoms with Crippen LogP contribution in [-0.2, 0) is 12.6 Å². The molecule has 2 heterocycles. The standard InChI is InChI=1S/C27H20Cl2F3N7O/c1-15(16-6-10-18(11-7-16)27(30,31)32)33-26(40)24-20(14-23-34-37-38-35-23)25(17-8-12-19(28)13-9-17)39(36-24)22-5-3-2-4-21(22)29/h2-13,15H,14H2,1H3,(H,33,40)(H,34,35,37,38). The molecule has 8 nitrogen and oxygen atoms in total. The highest BCUT2D eigenvalue weighted by molar-refractivity contribution is 6.32. The van der Waals surface area contributed by atoms with Crippen molar-refractivity contribution in [3.8, 4) is 16.9 Å². The molecule has 0 aliphatic carbocycles. The third kappa shape index (κ3) is 5.70. The Hall–Kier alpha value is -4.22. The Labute approximate surface area is 236 Å². The maximum absolute atomic E-state index is 13.7. The Morgan fingerprint density at radius 2 is 1.73 bits per heavy atom. The summed E-state index contributed by atoms with van der Waals surface area (Å²) in [6, 6.07) is 18.0. The first-order valence-electron chi connectivity index (χ1n) is 11.9. The number of hydrogen-bond acceptors (Lipinski definition) is 5. The lowest BCUT2D eigenvalue weighted by atomic mass is 10.0. The number of nitrogens with one attached hydrogen (secondary N) is 2. The first-order valence-corrected chi connectivity index (χ1v) is 12.7. The molecule has 1 atom stereocenters. The molecule has 13 heteroatoms. The maximum Gasteiger partial charge on any atom is 0.416 e. The number of rotatable bonds is 7. The van der Waals surface area contributed by atoms with E-state index in [9.17, 15) is 18.0 Å². The average Bonchev–Trinajstić information content (AvgIpc) is 3.57. The lowest BCUT2D eigenvalue weighted by molar-refractivity contribution is -0.137. The smallest absolute Gasteiger partial charge is 0.344 e. The number of benzene rings is 3. The van der Waals surface area contributed by atoms with Crippen LogP contribution >= 0.6 is 23.2 Å². The summed E-state index contributed by atoms with van der Waals surface area (Å²) in [4.78, 5) is 13.7. The molecule has 0 saturated carbocycles. The Kier molecular flexibility index (Phi) is 7.59. The van der Waals surface area contributed by atoms with Gasteiger partial charge in [0.25, 0.3) is 5.91 Å². The average molecular weight is 586 g/mol. The van der Waals surface area contributed by atoms with Crippen LogP contribution in [-0.4, -0.2) is 36.3 Å². The van der Waals surface area contributed by atoms with Crippen LogP contribution in [0.5, 0.6) is 0 Å². The van der Waals surface area contributed by atoms with Gasteiger partial charge in [0.1, 0.15) is 0 Å². The summed E-state index contributed by atoms with van der Waals surface area (Å²) in [7, 11) is 0. The van der Waals surface area contributed by atoms with E-state index in [1.807, 2.05) is 0 Å². The molecule has 0 fully saturated rings. The number of hydrogen-bond donors (Lipinski definition) is 2. The summed E-state index contributed by atoms with van der Waals surface area (Å²) in [5.74, 6) is -0.231. The minimum atomic E-state index is -4.46. The molecule has 3 aromatic carbocycles. The number of aromatic amines is 1. The zero-order valence-electron chi connectivity index (χ0n) is 20.7. The molecular formula is C27H20Cl2F3N7O. The lowest BCUT2D eigenvalue weighted by Crippen LogP contribution is -2.28. The van der Waals surface area contributed by atoms with Crippen LogP contribution in [0.25, 0.3) is 16.9 Å². The predicted molar refractivity (Wildman–Crippen MR) is 143 cm³/mol. The molecule has 5 rings (SSSR count). The highest BCUT2D eigenvalue weighted by atomic mass is 35.5. The number of halogens is 5. The third-order valence-corrected chi connectivity index (χ3v) is 6.78. The van der Waals surface area contributed by atoms with Gasteiger partial charge in [0.2, 0.25) is 0 Å². The molecule has 0 saturated heterocycles. The van der Waals surface area contributed by atoms with E-state index < -0.39 is 23.7 Å². The Morgan fingerprint density at radius 3 is 2.35 bits per heavy atom. The molecule has 1 amide bonds. The Morgan fingerprint density at radius 1 is 1.02 bits per heavy atom. The van der Waals surface area contributed by atoms with E-state index in [-0.39, 0.29) is 12.1 Å².